The molecule has 0 atom stereocenters. The predicted octanol–water partition coefficient (Wildman–Crippen LogP) is 5.21. The van der Waals surface area contributed by atoms with Crippen molar-refractivity contribution in [3.05, 3.63) is 66.9 Å². The third kappa shape index (κ3) is 4.30. The van der Waals surface area contributed by atoms with Gasteiger partial charge in [-0.2, -0.15) is 5.10 Å². The zero-order valence-electron chi connectivity index (χ0n) is 20.2. The highest BCUT2D eigenvalue weighted by molar-refractivity contribution is 5.95. The number of rotatable bonds is 6. The Bertz CT molecular complexity index is 1810. The van der Waals surface area contributed by atoms with Crippen molar-refractivity contribution in [3.8, 4) is 39.7 Å². The van der Waals surface area contributed by atoms with E-state index in [4.69, 9.17) is 4.98 Å². The number of aromatic amines is 2. The van der Waals surface area contributed by atoms with E-state index in [0.717, 1.165) is 18.1 Å². The lowest BCUT2D eigenvalue weighted by molar-refractivity contribution is -0.116. The van der Waals surface area contributed by atoms with Crippen molar-refractivity contribution < 1.29 is 14.3 Å². The molecule has 0 radical (unpaired) electrons. The molecule has 5 heterocycles. The molecule has 11 heteroatoms. The summed E-state index contributed by atoms with van der Waals surface area (Å²) in [4.78, 5) is 33.2. The van der Waals surface area contributed by atoms with Crippen molar-refractivity contribution in [3.63, 3.8) is 0 Å². The summed E-state index contributed by atoms with van der Waals surface area (Å²) in [6.07, 6.45) is 6.03. The number of carbonyl (C=O) groups excluding carboxylic acids is 1. The van der Waals surface area contributed by atoms with Crippen LogP contribution in [0.4, 0.5) is 10.1 Å². The Balaban J connectivity index is 1.41. The monoisotopic (exact) mass is 508 g/mol. The number of anilines is 1. The molecule has 38 heavy (non-hydrogen) atoms. The third-order valence-corrected chi connectivity index (χ3v) is 6.01. The Kier molecular flexibility index (Phi) is 5.72. The normalized spacial score (nSPS) is 11.3. The van der Waals surface area contributed by atoms with Crippen LogP contribution in [0.15, 0.2) is 61.1 Å². The maximum atomic E-state index is 14.0. The fraction of sp³-hybridized carbons (Fsp3) is 0.111. The molecular weight excluding hydrogens is 487 g/mol. The maximum absolute atomic E-state index is 14.0. The predicted molar refractivity (Wildman–Crippen MR) is 141 cm³/mol. The van der Waals surface area contributed by atoms with Gasteiger partial charge in [-0.1, -0.05) is 6.92 Å². The third-order valence-electron chi connectivity index (χ3n) is 6.01. The number of phenolic OH excluding ortho intramolecular Hbond substituents is 1. The van der Waals surface area contributed by atoms with Crippen LogP contribution in [-0.2, 0) is 4.79 Å². The van der Waals surface area contributed by atoms with E-state index in [1.807, 2.05) is 25.1 Å². The molecule has 0 saturated carbocycles. The van der Waals surface area contributed by atoms with Gasteiger partial charge in [-0.25, -0.2) is 19.3 Å². The largest absolute Gasteiger partial charge is 0.508 e. The smallest absolute Gasteiger partial charge is 0.224 e. The van der Waals surface area contributed by atoms with Gasteiger partial charge in [0.05, 0.1) is 28.6 Å². The second-order valence-electron chi connectivity index (χ2n) is 8.77. The van der Waals surface area contributed by atoms with Gasteiger partial charge in [-0.05, 0) is 48.4 Å². The second-order valence-corrected chi connectivity index (χ2v) is 8.77. The fourth-order valence-corrected chi connectivity index (χ4v) is 4.32. The Morgan fingerprint density at radius 1 is 1.08 bits per heavy atom. The van der Waals surface area contributed by atoms with E-state index >= 15 is 0 Å². The van der Waals surface area contributed by atoms with Gasteiger partial charge in [-0.3, -0.25) is 14.9 Å². The van der Waals surface area contributed by atoms with Crippen molar-refractivity contribution in [1.82, 2.24) is 35.1 Å². The Morgan fingerprint density at radius 2 is 1.97 bits per heavy atom. The van der Waals surface area contributed by atoms with Crippen LogP contribution in [-0.4, -0.2) is 46.1 Å². The SMILES string of the molecule is CCCC(=O)Nc1cncc(-c2ccc3[nH]nc(-c4nc5nccc(-c6cc(O)cc(F)c6)c5[nH]4)c3n2)c1. The lowest BCUT2D eigenvalue weighted by atomic mass is 10.1. The minimum Gasteiger partial charge on any atom is -0.508 e. The Labute approximate surface area is 215 Å². The van der Waals surface area contributed by atoms with E-state index in [-0.39, 0.29) is 11.7 Å². The summed E-state index contributed by atoms with van der Waals surface area (Å²) in [5, 5.41) is 20.1. The Morgan fingerprint density at radius 3 is 2.82 bits per heavy atom. The van der Waals surface area contributed by atoms with E-state index in [9.17, 15) is 14.3 Å². The van der Waals surface area contributed by atoms with Crippen LogP contribution in [0, 0.1) is 5.82 Å². The lowest BCUT2D eigenvalue weighted by Gasteiger charge is -2.06. The standard InChI is InChI=1S/C27H21FN8O2/c1-2-3-22(38)31-17-9-15(12-29-13-17)20-4-5-21-24(32-20)25(36-35-21)27-33-23-19(6-7-30-26(23)34-27)14-8-16(28)11-18(37)10-14/h4-13,37H,2-3H2,1H3,(H,31,38)(H,35,36)(H,30,33,34). The zero-order chi connectivity index (χ0) is 26.2. The van der Waals surface area contributed by atoms with E-state index in [1.54, 1.807) is 24.7 Å². The van der Waals surface area contributed by atoms with Crippen LogP contribution in [0.25, 0.3) is 56.1 Å². The van der Waals surface area contributed by atoms with Crippen molar-refractivity contribution in [2.75, 3.05) is 5.32 Å². The average molecular weight is 509 g/mol. The number of imidazole rings is 1. The molecule has 0 fully saturated rings. The number of hydrogen-bond acceptors (Lipinski definition) is 7. The first-order valence-electron chi connectivity index (χ1n) is 11.9. The van der Waals surface area contributed by atoms with Crippen molar-refractivity contribution in [2.45, 2.75) is 19.8 Å². The van der Waals surface area contributed by atoms with Gasteiger partial charge in [0.25, 0.3) is 0 Å². The van der Waals surface area contributed by atoms with Gasteiger partial charge in [0.2, 0.25) is 5.91 Å². The number of pyridine rings is 3. The number of nitrogens with zero attached hydrogens (tertiary/aromatic N) is 5. The molecule has 0 aliphatic heterocycles. The average Bonchev–Trinajstić information content (AvgIpc) is 3.52. The van der Waals surface area contributed by atoms with Gasteiger partial charge < -0.3 is 15.4 Å². The van der Waals surface area contributed by atoms with Gasteiger partial charge in [0.1, 0.15) is 17.1 Å². The number of carbonyl (C=O) groups is 1. The molecule has 0 unspecified atom stereocenters. The highest BCUT2D eigenvalue weighted by Gasteiger charge is 2.18. The summed E-state index contributed by atoms with van der Waals surface area (Å²) in [5.41, 5.74) is 5.81. The molecule has 0 saturated heterocycles. The van der Waals surface area contributed by atoms with Crippen LogP contribution in [0.1, 0.15) is 19.8 Å². The van der Waals surface area contributed by atoms with Crippen LogP contribution >= 0.6 is 0 Å². The number of hydrogen-bond donors (Lipinski definition) is 4. The summed E-state index contributed by atoms with van der Waals surface area (Å²) in [7, 11) is 0. The number of nitrogens with one attached hydrogen (secondary N) is 3. The molecule has 4 N–H and O–H groups in total. The highest BCUT2D eigenvalue weighted by atomic mass is 19.1. The quantitative estimate of drug-likeness (QED) is 0.242. The minimum absolute atomic E-state index is 0.0710. The molecule has 1 aromatic carbocycles. The van der Waals surface area contributed by atoms with Crippen LogP contribution < -0.4 is 5.32 Å². The van der Waals surface area contributed by atoms with Crippen LogP contribution in [0.3, 0.4) is 0 Å². The fourth-order valence-electron chi connectivity index (χ4n) is 4.32. The van der Waals surface area contributed by atoms with E-state index < -0.39 is 5.82 Å². The summed E-state index contributed by atoms with van der Waals surface area (Å²) in [6.45, 7) is 1.95. The Hall–Kier alpha value is -5.19. The number of fused-ring (bicyclic) bond motifs is 2. The molecule has 6 rings (SSSR count). The number of H-pyrrole nitrogens is 2. The summed E-state index contributed by atoms with van der Waals surface area (Å²) >= 11 is 0. The van der Waals surface area contributed by atoms with Gasteiger partial charge in [0, 0.05) is 36.0 Å². The lowest BCUT2D eigenvalue weighted by Crippen LogP contribution is -2.10. The van der Waals surface area contributed by atoms with Crippen molar-refractivity contribution in [1.29, 1.82) is 0 Å². The number of aromatic hydroxyl groups is 1. The highest BCUT2D eigenvalue weighted by Crippen LogP contribution is 2.32. The second kappa shape index (κ2) is 9.36. The number of phenols is 1. The number of benzene rings is 1. The number of aromatic nitrogens is 7. The van der Waals surface area contributed by atoms with E-state index in [1.165, 1.54) is 12.1 Å². The molecule has 188 valence electrons. The van der Waals surface area contributed by atoms with Crippen molar-refractivity contribution >= 4 is 33.8 Å². The van der Waals surface area contributed by atoms with Crippen LogP contribution in [0.2, 0.25) is 0 Å². The molecule has 5 aromatic heterocycles. The molecule has 6 aromatic rings. The van der Waals surface area contributed by atoms with Crippen LogP contribution in [0.5, 0.6) is 5.75 Å². The molecule has 0 aliphatic carbocycles. The first-order valence-corrected chi connectivity index (χ1v) is 11.9. The van der Waals surface area contributed by atoms with Crippen molar-refractivity contribution in [2.24, 2.45) is 0 Å². The summed E-state index contributed by atoms with van der Waals surface area (Å²) < 4.78 is 14.0. The summed E-state index contributed by atoms with van der Waals surface area (Å²) in [5.74, 6) is -0.375. The summed E-state index contributed by atoms with van der Waals surface area (Å²) in [6, 6.07) is 11.1. The molecule has 0 aliphatic rings. The zero-order valence-corrected chi connectivity index (χ0v) is 20.2. The molecule has 0 spiro atoms. The number of halogens is 1. The molecular formula is C27H21FN8O2. The molecule has 0 bridgehead atoms. The first kappa shape index (κ1) is 23.2. The minimum atomic E-state index is -0.553. The van der Waals surface area contributed by atoms with E-state index in [2.05, 4.69) is 35.5 Å². The maximum Gasteiger partial charge on any atom is 0.224 e. The topological polar surface area (TPSA) is 145 Å². The molecule has 1 amide bonds. The van der Waals surface area contributed by atoms with E-state index in [0.29, 0.717) is 62.6 Å². The van der Waals surface area contributed by atoms with Gasteiger partial charge in [-0.15, -0.1) is 0 Å². The first-order chi connectivity index (χ1) is 18.5. The number of amides is 1. The van der Waals surface area contributed by atoms with Gasteiger partial charge >= 0.3 is 0 Å². The molecule has 10 nitrogen and oxygen atoms in total. The van der Waals surface area contributed by atoms with Gasteiger partial charge in [0.15, 0.2) is 17.2 Å².